The van der Waals surface area contributed by atoms with Crippen LogP contribution >= 0.6 is 0 Å². The number of aryl methyl sites for hydroxylation is 2. The second-order valence-electron chi connectivity index (χ2n) is 3.49. The molecule has 0 aliphatic carbocycles. The molecule has 0 aromatic heterocycles. The largest absolute Gasteiger partial charge is 0.465 e. The summed E-state index contributed by atoms with van der Waals surface area (Å²) < 4.78 is 4.69. The Balaban J connectivity index is 3.44. The summed E-state index contributed by atoms with van der Waals surface area (Å²) in [5.74, 6) is -0.443. The minimum atomic E-state index is -0.443. The van der Waals surface area contributed by atoms with E-state index in [4.69, 9.17) is 5.26 Å². The molecule has 0 heterocycles. The van der Waals surface area contributed by atoms with Crippen molar-refractivity contribution in [3.63, 3.8) is 0 Å². The van der Waals surface area contributed by atoms with Gasteiger partial charge in [0.1, 0.15) is 6.07 Å². The molecule has 0 amide bonds. The average Bonchev–Trinajstić information content (AvgIpc) is 2.35. The van der Waals surface area contributed by atoms with E-state index in [1.54, 1.807) is 6.07 Å². The van der Waals surface area contributed by atoms with Crippen LogP contribution < -0.4 is 0 Å². The number of hydrogen-bond donors (Lipinski definition) is 0. The molecule has 0 spiro atoms. The second-order valence-corrected chi connectivity index (χ2v) is 3.49. The molecular formula is C13H15NO2. The third kappa shape index (κ3) is 2.22. The molecule has 0 saturated heterocycles. The van der Waals surface area contributed by atoms with E-state index in [0.717, 1.165) is 24.0 Å². The number of carbonyl (C=O) groups excluding carboxylic acids is 1. The molecule has 84 valence electrons. The first-order valence-electron chi connectivity index (χ1n) is 5.32. The van der Waals surface area contributed by atoms with Crippen molar-refractivity contribution >= 4 is 5.97 Å². The van der Waals surface area contributed by atoms with Crippen LogP contribution in [0, 0.1) is 11.3 Å². The van der Waals surface area contributed by atoms with Gasteiger partial charge in [-0.3, -0.25) is 0 Å². The number of esters is 1. The summed E-state index contributed by atoms with van der Waals surface area (Å²) in [5.41, 5.74) is 2.77. The predicted molar refractivity (Wildman–Crippen MR) is 61.3 cm³/mol. The number of nitriles is 1. The Labute approximate surface area is 95.7 Å². The van der Waals surface area contributed by atoms with E-state index in [9.17, 15) is 4.79 Å². The van der Waals surface area contributed by atoms with Gasteiger partial charge in [0.25, 0.3) is 0 Å². The van der Waals surface area contributed by atoms with E-state index in [1.807, 2.05) is 19.9 Å². The van der Waals surface area contributed by atoms with E-state index in [0.29, 0.717) is 11.1 Å². The molecular weight excluding hydrogens is 202 g/mol. The second kappa shape index (κ2) is 5.32. The lowest BCUT2D eigenvalue weighted by Crippen LogP contribution is -2.07. The van der Waals surface area contributed by atoms with Crippen molar-refractivity contribution in [2.24, 2.45) is 0 Å². The van der Waals surface area contributed by atoms with Gasteiger partial charge in [-0.2, -0.15) is 5.26 Å². The highest BCUT2D eigenvalue weighted by atomic mass is 16.5. The number of methoxy groups -OCH3 is 1. The fourth-order valence-electron chi connectivity index (χ4n) is 1.65. The van der Waals surface area contributed by atoms with Gasteiger partial charge in [-0.15, -0.1) is 0 Å². The Morgan fingerprint density at radius 1 is 1.38 bits per heavy atom. The molecule has 3 nitrogen and oxygen atoms in total. The zero-order valence-corrected chi connectivity index (χ0v) is 9.83. The molecule has 0 atom stereocenters. The van der Waals surface area contributed by atoms with Crippen molar-refractivity contribution in [3.05, 3.63) is 34.4 Å². The highest BCUT2D eigenvalue weighted by molar-refractivity contribution is 5.92. The first-order valence-corrected chi connectivity index (χ1v) is 5.32. The molecule has 0 N–H and O–H groups in total. The minimum absolute atomic E-state index is 0.376. The minimum Gasteiger partial charge on any atom is -0.465 e. The zero-order chi connectivity index (χ0) is 12.1. The Morgan fingerprint density at radius 2 is 2.06 bits per heavy atom. The van der Waals surface area contributed by atoms with Gasteiger partial charge >= 0.3 is 5.97 Å². The van der Waals surface area contributed by atoms with E-state index >= 15 is 0 Å². The number of hydrogen-bond acceptors (Lipinski definition) is 3. The molecule has 1 aromatic carbocycles. The van der Waals surface area contributed by atoms with Crippen molar-refractivity contribution < 1.29 is 9.53 Å². The number of ether oxygens (including phenoxy) is 1. The number of rotatable bonds is 3. The highest BCUT2D eigenvalue weighted by Gasteiger charge is 2.15. The van der Waals surface area contributed by atoms with Gasteiger partial charge in [-0.05, 0) is 30.0 Å². The van der Waals surface area contributed by atoms with Crippen molar-refractivity contribution in [3.8, 4) is 6.07 Å². The third-order valence-electron chi connectivity index (χ3n) is 2.59. The Morgan fingerprint density at radius 3 is 2.50 bits per heavy atom. The summed E-state index contributed by atoms with van der Waals surface area (Å²) in [6.45, 7) is 3.98. The third-order valence-corrected chi connectivity index (χ3v) is 2.59. The molecule has 1 aromatic rings. The Hall–Kier alpha value is -1.82. The van der Waals surface area contributed by atoms with Crippen LogP contribution in [0.1, 0.15) is 40.9 Å². The number of carbonyl (C=O) groups is 1. The van der Waals surface area contributed by atoms with Crippen LogP contribution in [0.5, 0.6) is 0 Å². The van der Waals surface area contributed by atoms with Gasteiger partial charge in [0.2, 0.25) is 0 Å². The van der Waals surface area contributed by atoms with Gasteiger partial charge in [-0.1, -0.05) is 19.9 Å². The summed E-state index contributed by atoms with van der Waals surface area (Å²) in [4.78, 5) is 11.6. The lowest BCUT2D eigenvalue weighted by Gasteiger charge is -2.09. The molecule has 0 aliphatic heterocycles. The number of benzene rings is 1. The molecule has 0 radical (unpaired) electrons. The van der Waals surface area contributed by atoms with Gasteiger partial charge in [0.05, 0.1) is 18.2 Å². The van der Waals surface area contributed by atoms with Crippen molar-refractivity contribution in [1.82, 2.24) is 0 Å². The van der Waals surface area contributed by atoms with Gasteiger partial charge in [0, 0.05) is 0 Å². The first-order chi connectivity index (χ1) is 7.67. The maximum Gasteiger partial charge on any atom is 0.339 e. The summed E-state index contributed by atoms with van der Waals surface area (Å²) in [5, 5.41) is 9.08. The molecule has 0 aliphatic rings. The molecule has 1 rings (SSSR count). The highest BCUT2D eigenvalue weighted by Crippen LogP contribution is 2.19. The molecule has 0 unspecified atom stereocenters. The first kappa shape index (κ1) is 12.3. The van der Waals surface area contributed by atoms with Crippen LogP contribution in [0.2, 0.25) is 0 Å². The van der Waals surface area contributed by atoms with Crippen LogP contribution in [0.25, 0.3) is 0 Å². The summed E-state index contributed by atoms with van der Waals surface area (Å²) in [7, 11) is 1.33. The molecule has 16 heavy (non-hydrogen) atoms. The van der Waals surface area contributed by atoms with Gasteiger partial charge < -0.3 is 4.74 Å². The fourth-order valence-corrected chi connectivity index (χ4v) is 1.65. The van der Waals surface area contributed by atoms with Crippen LogP contribution in [-0.4, -0.2) is 13.1 Å². The van der Waals surface area contributed by atoms with Crippen LogP contribution in [-0.2, 0) is 17.6 Å². The maximum atomic E-state index is 11.6. The standard InChI is InChI=1S/C13H15NO2/c1-4-9-6-10(5-2)12(8-14)11(7-9)13(15)16-3/h6-7H,4-5H2,1-3H3. The van der Waals surface area contributed by atoms with E-state index in [-0.39, 0.29) is 0 Å². The van der Waals surface area contributed by atoms with Crippen LogP contribution in [0.3, 0.4) is 0 Å². The van der Waals surface area contributed by atoms with E-state index < -0.39 is 5.97 Å². The van der Waals surface area contributed by atoms with Gasteiger partial charge in [0.15, 0.2) is 0 Å². The normalized spacial score (nSPS) is 9.62. The fraction of sp³-hybridized carbons (Fsp3) is 0.385. The molecule has 0 fully saturated rings. The quantitative estimate of drug-likeness (QED) is 0.731. The van der Waals surface area contributed by atoms with Crippen LogP contribution in [0.4, 0.5) is 0 Å². The van der Waals surface area contributed by atoms with Crippen LogP contribution in [0.15, 0.2) is 12.1 Å². The van der Waals surface area contributed by atoms with E-state index in [1.165, 1.54) is 7.11 Å². The van der Waals surface area contributed by atoms with Crippen molar-refractivity contribution in [1.29, 1.82) is 5.26 Å². The zero-order valence-electron chi connectivity index (χ0n) is 9.83. The monoisotopic (exact) mass is 217 g/mol. The topological polar surface area (TPSA) is 50.1 Å². The smallest absolute Gasteiger partial charge is 0.339 e. The Bertz CT molecular complexity index is 444. The lowest BCUT2D eigenvalue weighted by atomic mass is 9.96. The average molecular weight is 217 g/mol. The summed E-state index contributed by atoms with van der Waals surface area (Å²) in [6.07, 6.45) is 1.57. The molecule has 0 bridgehead atoms. The van der Waals surface area contributed by atoms with Crippen molar-refractivity contribution in [2.75, 3.05) is 7.11 Å². The Kier molecular flexibility index (Phi) is 4.07. The summed E-state index contributed by atoms with van der Waals surface area (Å²) >= 11 is 0. The lowest BCUT2D eigenvalue weighted by molar-refractivity contribution is 0.0600. The summed E-state index contributed by atoms with van der Waals surface area (Å²) in [6, 6.07) is 5.80. The SMILES string of the molecule is CCc1cc(CC)c(C#N)c(C(=O)OC)c1. The maximum absolute atomic E-state index is 11.6. The molecule has 0 saturated carbocycles. The van der Waals surface area contributed by atoms with Gasteiger partial charge in [-0.25, -0.2) is 4.79 Å². The predicted octanol–water partition coefficient (Wildman–Crippen LogP) is 2.47. The number of nitrogens with zero attached hydrogens (tertiary/aromatic N) is 1. The van der Waals surface area contributed by atoms with E-state index in [2.05, 4.69) is 10.8 Å². The van der Waals surface area contributed by atoms with Crippen molar-refractivity contribution in [2.45, 2.75) is 26.7 Å². The molecule has 3 heteroatoms.